The molecule has 3 aromatic rings. The Bertz CT molecular complexity index is 881. The summed E-state index contributed by atoms with van der Waals surface area (Å²) in [5.41, 5.74) is 3.01. The minimum absolute atomic E-state index is 0.0679. The molecule has 1 aliphatic carbocycles. The highest BCUT2D eigenvalue weighted by Gasteiger charge is 2.30. The van der Waals surface area contributed by atoms with E-state index in [1.165, 1.54) is 0 Å². The van der Waals surface area contributed by atoms with Crippen LogP contribution in [0.5, 0.6) is 5.75 Å². The highest BCUT2D eigenvalue weighted by molar-refractivity contribution is 5.93. The molecule has 0 saturated heterocycles. The van der Waals surface area contributed by atoms with Crippen LogP contribution in [-0.4, -0.2) is 22.6 Å². The number of nitrogens with zero attached hydrogens (tertiary/aromatic N) is 2. The molecule has 0 unspecified atom stereocenters. The summed E-state index contributed by atoms with van der Waals surface area (Å²) in [7, 11) is 1.67. The summed E-state index contributed by atoms with van der Waals surface area (Å²) in [6.45, 7) is 0. The molecule has 1 saturated carbocycles. The van der Waals surface area contributed by atoms with Gasteiger partial charge in [-0.25, -0.2) is 4.52 Å². The summed E-state index contributed by atoms with van der Waals surface area (Å²) in [6.07, 6.45) is 3.86. The van der Waals surface area contributed by atoms with Crippen molar-refractivity contribution in [1.29, 1.82) is 0 Å². The summed E-state index contributed by atoms with van der Waals surface area (Å²) < 4.78 is 7.19. The van der Waals surface area contributed by atoms with Gasteiger partial charge in [0.05, 0.1) is 12.6 Å². The first-order valence-corrected chi connectivity index (χ1v) is 7.68. The second-order valence-corrected chi connectivity index (χ2v) is 5.78. The summed E-state index contributed by atoms with van der Waals surface area (Å²) in [4.78, 5) is 11.8. The first-order chi connectivity index (χ1) is 11.2. The number of hydrogen-bond acceptors (Lipinski definition) is 3. The largest absolute Gasteiger partial charge is 0.496 e. The third kappa shape index (κ3) is 2.65. The van der Waals surface area contributed by atoms with Gasteiger partial charge in [0.25, 0.3) is 0 Å². The maximum atomic E-state index is 11.8. The predicted molar refractivity (Wildman–Crippen MR) is 88.5 cm³/mol. The van der Waals surface area contributed by atoms with Gasteiger partial charge in [-0.3, -0.25) is 4.79 Å². The molecule has 1 N–H and O–H groups in total. The van der Waals surface area contributed by atoms with Gasteiger partial charge in [0, 0.05) is 23.7 Å². The molecular formula is C18H17N3O2. The molecule has 1 amide bonds. The Morgan fingerprint density at radius 3 is 2.87 bits per heavy atom. The number of rotatable bonds is 4. The number of ether oxygens (including phenoxy) is 1. The van der Waals surface area contributed by atoms with Crippen LogP contribution >= 0.6 is 0 Å². The molecule has 23 heavy (non-hydrogen) atoms. The number of hydrogen-bond donors (Lipinski definition) is 1. The number of nitrogens with one attached hydrogen (secondary N) is 1. The van der Waals surface area contributed by atoms with E-state index in [9.17, 15) is 4.79 Å². The molecule has 0 aliphatic heterocycles. The number of carbonyl (C=O) groups excluding carboxylic acids is 1. The topological polar surface area (TPSA) is 55.6 Å². The van der Waals surface area contributed by atoms with Gasteiger partial charge in [0.2, 0.25) is 5.91 Å². The Hall–Kier alpha value is -2.82. The fourth-order valence-electron chi connectivity index (χ4n) is 2.68. The quantitative estimate of drug-likeness (QED) is 0.804. The van der Waals surface area contributed by atoms with Gasteiger partial charge in [-0.05, 0) is 36.6 Å². The van der Waals surface area contributed by atoms with Crippen molar-refractivity contribution < 1.29 is 9.53 Å². The smallest absolute Gasteiger partial charge is 0.228 e. The van der Waals surface area contributed by atoms with Crippen LogP contribution in [0.1, 0.15) is 12.8 Å². The van der Waals surface area contributed by atoms with Gasteiger partial charge in [-0.15, -0.1) is 0 Å². The van der Waals surface area contributed by atoms with Gasteiger partial charge in [-0.1, -0.05) is 18.2 Å². The lowest BCUT2D eigenvalue weighted by Gasteiger charge is -2.08. The van der Waals surface area contributed by atoms with Crippen LogP contribution in [0.2, 0.25) is 0 Å². The van der Waals surface area contributed by atoms with Crippen LogP contribution in [0.15, 0.2) is 48.7 Å². The van der Waals surface area contributed by atoms with Crippen LogP contribution in [-0.2, 0) is 4.79 Å². The molecule has 4 rings (SSSR count). The van der Waals surface area contributed by atoms with Crippen LogP contribution < -0.4 is 10.1 Å². The third-order valence-electron chi connectivity index (χ3n) is 4.08. The van der Waals surface area contributed by atoms with E-state index in [0.29, 0.717) is 5.82 Å². The maximum absolute atomic E-state index is 11.8. The Morgan fingerprint density at radius 1 is 1.26 bits per heavy atom. The van der Waals surface area contributed by atoms with Crippen molar-refractivity contribution in [2.45, 2.75) is 12.8 Å². The van der Waals surface area contributed by atoms with Crippen LogP contribution in [0.4, 0.5) is 5.82 Å². The summed E-state index contributed by atoms with van der Waals surface area (Å²) in [5.74, 6) is 1.67. The van der Waals surface area contributed by atoms with Gasteiger partial charge >= 0.3 is 0 Å². The molecule has 1 fully saturated rings. The summed E-state index contributed by atoms with van der Waals surface area (Å²) in [6, 6.07) is 13.8. The van der Waals surface area contributed by atoms with E-state index in [1.54, 1.807) is 11.6 Å². The first-order valence-electron chi connectivity index (χ1n) is 7.68. The van der Waals surface area contributed by atoms with Crippen molar-refractivity contribution in [2.24, 2.45) is 5.92 Å². The summed E-state index contributed by atoms with van der Waals surface area (Å²) >= 11 is 0. The molecule has 0 bridgehead atoms. The van der Waals surface area contributed by atoms with Crippen LogP contribution in [0.25, 0.3) is 16.6 Å². The van der Waals surface area contributed by atoms with E-state index in [2.05, 4.69) is 10.4 Å². The van der Waals surface area contributed by atoms with Crippen molar-refractivity contribution in [2.75, 3.05) is 12.4 Å². The van der Waals surface area contributed by atoms with Gasteiger partial charge in [-0.2, -0.15) is 5.10 Å². The average molecular weight is 307 g/mol. The minimum Gasteiger partial charge on any atom is -0.496 e. The van der Waals surface area contributed by atoms with Crippen molar-refractivity contribution in [3.63, 3.8) is 0 Å². The van der Waals surface area contributed by atoms with Gasteiger partial charge in [0.1, 0.15) is 5.75 Å². The Kier molecular flexibility index (Phi) is 3.26. The molecule has 0 atom stereocenters. The van der Waals surface area contributed by atoms with Gasteiger partial charge < -0.3 is 10.1 Å². The zero-order valence-corrected chi connectivity index (χ0v) is 12.8. The van der Waals surface area contributed by atoms with Crippen molar-refractivity contribution >= 4 is 17.2 Å². The second-order valence-electron chi connectivity index (χ2n) is 5.78. The molecule has 2 aromatic heterocycles. The highest BCUT2D eigenvalue weighted by atomic mass is 16.5. The lowest BCUT2D eigenvalue weighted by atomic mass is 10.1. The number of fused-ring (bicyclic) bond motifs is 1. The van der Waals surface area contributed by atoms with Crippen molar-refractivity contribution in [1.82, 2.24) is 9.61 Å². The molecule has 5 nitrogen and oxygen atoms in total. The lowest BCUT2D eigenvalue weighted by molar-refractivity contribution is -0.117. The molecule has 0 radical (unpaired) electrons. The number of aromatic nitrogens is 2. The third-order valence-corrected chi connectivity index (χ3v) is 4.08. The number of methoxy groups -OCH3 is 1. The standard InChI is InChI=1S/C18H17N3O2/c1-23-16-5-3-2-4-15(16)13-8-9-21-14(10-13)11-17(20-21)19-18(22)12-6-7-12/h2-5,8-12H,6-7H2,1H3,(H,19,20,22). The highest BCUT2D eigenvalue weighted by Crippen LogP contribution is 2.32. The van der Waals surface area contributed by atoms with Crippen LogP contribution in [0.3, 0.4) is 0 Å². The average Bonchev–Trinajstić information content (AvgIpc) is 3.35. The molecule has 0 spiro atoms. The number of benzene rings is 1. The minimum atomic E-state index is 0.0679. The number of anilines is 1. The van der Waals surface area contributed by atoms with E-state index in [-0.39, 0.29) is 11.8 Å². The zero-order valence-electron chi connectivity index (χ0n) is 12.8. The molecular weight excluding hydrogens is 290 g/mol. The van der Waals surface area contributed by atoms with Gasteiger partial charge in [0.15, 0.2) is 5.82 Å². The van der Waals surface area contributed by atoms with Crippen molar-refractivity contribution in [3.8, 4) is 16.9 Å². The van der Waals surface area contributed by atoms with Crippen LogP contribution in [0, 0.1) is 5.92 Å². The Balaban J connectivity index is 1.68. The Labute approximate surface area is 133 Å². The number of para-hydroxylation sites is 1. The van der Waals surface area contributed by atoms with Crippen molar-refractivity contribution in [3.05, 3.63) is 48.7 Å². The van der Waals surface area contributed by atoms with E-state index in [0.717, 1.165) is 35.2 Å². The summed E-state index contributed by atoms with van der Waals surface area (Å²) in [5, 5.41) is 7.27. The second kappa shape index (κ2) is 5.43. The first kappa shape index (κ1) is 13.8. The fraction of sp³-hybridized carbons (Fsp3) is 0.222. The molecule has 5 heteroatoms. The van der Waals surface area contributed by atoms with E-state index in [4.69, 9.17) is 4.74 Å². The lowest BCUT2D eigenvalue weighted by Crippen LogP contribution is -2.13. The Morgan fingerprint density at radius 2 is 2.09 bits per heavy atom. The molecule has 1 aliphatic rings. The molecule has 116 valence electrons. The number of pyridine rings is 1. The maximum Gasteiger partial charge on any atom is 0.228 e. The molecule has 1 aromatic carbocycles. The van der Waals surface area contributed by atoms with E-state index in [1.807, 2.05) is 48.7 Å². The fourth-order valence-corrected chi connectivity index (χ4v) is 2.68. The number of carbonyl (C=O) groups is 1. The normalized spacial score (nSPS) is 14.0. The SMILES string of the molecule is COc1ccccc1-c1ccn2nc(NC(=O)C3CC3)cc2c1. The van der Waals surface area contributed by atoms with E-state index >= 15 is 0 Å². The monoisotopic (exact) mass is 307 g/mol. The van der Waals surface area contributed by atoms with E-state index < -0.39 is 0 Å². The molecule has 2 heterocycles. The zero-order chi connectivity index (χ0) is 15.8. The predicted octanol–water partition coefficient (Wildman–Crippen LogP) is 3.36. The number of amides is 1.